The van der Waals surface area contributed by atoms with Crippen molar-refractivity contribution in [3.8, 4) is 0 Å². The third kappa shape index (κ3) is 1.10. The molecular weight excluding hydrogens is 178 g/mol. The number of aldehydes is 1. The average Bonchev–Trinajstić information content (AvgIpc) is 2.86. The maximum atomic E-state index is 10.8. The second-order valence-electron chi connectivity index (χ2n) is 4.28. The molecule has 14 heavy (non-hydrogen) atoms. The van der Waals surface area contributed by atoms with Gasteiger partial charge in [0.2, 0.25) is 0 Å². The Morgan fingerprint density at radius 3 is 2.57 bits per heavy atom. The van der Waals surface area contributed by atoms with E-state index in [0.717, 1.165) is 12.0 Å². The highest BCUT2D eigenvalue weighted by atomic mass is 16.1. The molecule has 2 aliphatic rings. The molecule has 74 valence electrons. The summed E-state index contributed by atoms with van der Waals surface area (Å²) in [5, 5.41) is 8.05. The number of rotatable bonds is 3. The highest BCUT2D eigenvalue weighted by molar-refractivity contribution is 5.73. The smallest absolute Gasteiger partial charge is 0.172 e. The van der Waals surface area contributed by atoms with E-state index in [1.165, 1.54) is 32.1 Å². The van der Waals surface area contributed by atoms with Crippen LogP contribution in [0, 0.1) is 0 Å². The molecule has 1 heterocycles. The van der Waals surface area contributed by atoms with Crippen molar-refractivity contribution in [1.29, 1.82) is 0 Å². The lowest BCUT2D eigenvalue weighted by atomic mass is 9.93. The zero-order chi connectivity index (χ0) is 9.54. The minimum Gasteiger partial charge on any atom is -0.296 e. The SMILES string of the molecule is O=Cc1nnn(C2CCC2)c1C1CC1. The third-order valence-corrected chi connectivity index (χ3v) is 3.25. The number of carbonyl (C=O) groups excluding carboxylic acids is 1. The van der Waals surface area contributed by atoms with Crippen LogP contribution in [0.3, 0.4) is 0 Å². The van der Waals surface area contributed by atoms with Crippen LogP contribution in [0.5, 0.6) is 0 Å². The van der Waals surface area contributed by atoms with Gasteiger partial charge in [-0.05, 0) is 32.1 Å². The molecule has 2 aliphatic carbocycles. The van der Waals surface area contributed by atoms with Crippen LogP contribution in [0.2, 0.25) is 0 Å². The van der Waals surface area contributed by atoms with Gasteiger partial charge in [-0.1, -0.05) is 5.21 Å². The molecule has 0 atom stereocenters. The number of carbonyl (C=O) groups is 1. The molecule has 1 aromatic heterocycles. The van der Waals surface area contributed by atoms with Crippen LogP contribution in [0.1, 0.15) is 60.2 Å². The quantitative estimate of drug-likeness (QED) is 0.683. The summed E-state index contributed by atoms with van der Waals surface area (Å²) in [4.78, 5) is 10.8. The number of hydrogen-bond donors (Lipinski definition) is 0. The van der Waals surface area contributed by atoms with Gasteiger partial charge in [0, 0.05) is 5.92 Å². The Kier molecular flexibility index (Phi) is 1.69. The van der Waals surface area contributed by atoms with Crippen molar-refractivity contribution in [2.45, 2.75) is 44.1 Å². The predicted octanol–water partition coefficient (Wildman–Crippen LogP) is 1.69. The summed E-state index contributed by atoms with van der Waals surface area (Å²) in [6.07, 6.45) is 6.91. The highest BCUT2D eigenvalue weighted by Gasteiger charge is 2.34. The number of hydrogen-bond acceptors (Lipinski definition) is 3. The highest BCUT2D eigenvalue weighted by Crippen LogP contribution is 2.43. The lowest BCUT2D eigenvalue weighted by Gasteiger charge is -2.26. The normalized spacial score (nSPS) is 22.0. The van der Waals surface area contributed by atoms with Crippen molar-refractivity contribution in [3.63, 3.8) is 0 Å². The predicted molar refractivity (Wildman–Crippen MR) is 50.3 cm³/mol. The first-order valence-electron chi connectivity index (χ1n) is 5.30. The summed E-state index contributed by atoms with van der Waals surface area (Å²) in [6.45, 7) is 0. The summed E-state index contributed by atoms with van der Waals surface area (Å²) < 4.78 is 2.00. The maximum absolute atomic E-state index is 10.8. The van der Waals surface area contributed by atoms with Gasteiger partial charge in [0.25, 0.3) is 0 Å². The summed E-state index contributed by atoms with van der Waals surface area (Å²) in [7, 11) is 0. The van der Waals surface area contributed by atoms with Crippen molar-refractivity contribution in [3.05, 3.63) is 11.4 Å². The van der Waals surface area contributed by atoms with Crippen LogP contribution in [0.25, 0.3) is 0 Å². The van der Waals surface area contributed by atoms with Gasteiger partial charge < -0.3 is 0 Å². The molecule has 0 bridgehead atoms. The Morgan fingerprint density at radius 1 is 1.29 bits per heavy atom. The summed E-state index contributed by atoms with van der Waals surface area (Å²) in [5.41, 5.74) is 1.67. The van der Waals surface area contributed by atoms with Gasteiger partial charge in [0.15, 0.2) is 6.29 Å². The van der Waals surface area contributed by atoms with Crippen molar-refractivity contribution in [2.75, 3.05) is 0 Å². The monoisotopic (exact) mass is 191 g/mol. The van der Waals surface area contributed by atoms with Crippen molar-refractivity contribution < 1.29 is 4.79 Å². The largest absolute Gasteiger partial charge is 0.296 e. The standard InChI is InChI=1S/C10H13N3O/c14-6-9-10(7-4-5-7)13(12-11-9)8-2-1-3-8/h6-8H,1-5H2. The van der Waals surface area contributed by atoms with Crippen LogP contribution in [-0.4, -0.2) is 21.3 Å². The molecule has 0 amide bonds. The molecule has 2 fully saturated rings. The Bertz CT molecular complexity index is 363. The zero-order valence-electron chi connectivity index (χ0n) is 8.02. The molecule has 0 aliphatic heterocycles. The van der Waals surface area contributed by atoms with Crippen molar-refractivity contribution in [1.82, 2.24) is 15.0 Å². The summed E-state index contributed by atoms with van der Waals surface area (Å²) in [5.74, 6) is 0.561. The molecule has 3 rings (SSSR count). The topological polar surface area (TPSA) is 47.8 Å². The van der Waals surface area contributed by atoms with Crippen LogP contribution in [-0.2, 0) is 0 Å². The Labute approximate surface area is 82.3 Å². The molecule has 4 nitrogen and oxygen atoms in total. The average molecular weight is 191 g/mol. The van der Waals surface area contributed by atoms with E-state index in [9.17, 15) is 4.79 Å². The molecule has 0 aromatic carbocycles. The van der Waals surface area contributed by atoms with Crippen LogP contribution >= 0.6 is 0 Å². The Hall–Kier alpha value is -1.19. The molecule has 0 spiro atoms. The lowest BCUT2D eigenvalue weighted by Crippen LogP contribution is -2.20. The fourth-order valence-corrected chi connectivity index (χ4v) is 2.05. The fourth-order valence-electron chi connectivity index (χ4n) is 2.05. The van der Waals surface area contributed by atoms with E-state index in [2.05, 4.69) is 10.3 Å². The van der Waals surface area contributed by atoms with E-state index in [4.69, 9.17) is 0 Å². The first-order chi connectivity index (χ1) is 6.90. The first-order valence-corrected chi connectivity index (χ1v) is 5.30. The van der Waals surface area contributed by atoms with E-state index in [0.29, 0.717) is 17.7 Å². The van der Waals surface area contributed by atoms with Gasteiger partial charge in [0.1, 0.15) is 5.69 Å². The molecule has 1 aromatic rings. The van der Waals surface area contributed by atoms with Crippen LogP contribution in [0.15, 0.2) is 0 Å². The molecular formula is C10H13N3O. The first kappa shape index (κ1) is 8.15. The minimum atomic E-state index is 0.520. The second kappa shape index (κ2) is 2.90. The van der Waals surface area contributed by atoms with E-state index >= 15 is 0 Å². The molecule has 0 saturated heterocycles. The van der Waals surface area contributed by atoms with Gasteiger partial charge in [-0.2, -0.15) is 0 Å². The maximum Gasteiger partial charge on any atom is 0.172 e. The summed E-state index contributed by atoms with van der Waals surface area (Å²) >= 11 is 0. The second-order valence-corrected chi connectivity index (χ2v) is 4.28. The fraction of sp³-hybridized carbons (Fsp3) is 0.700. The molecule has 0 unspecified atom stereocenters. The van der Waals surface area contributed by atoms with E-state index in [1.807, 2.05) is 4.68 Å². The molecule has 4 heteroatoms. The van der Waals surface area contributed by atoms with Crippen molar-refractivity contribution in [2.24, 2.45) is 0 Å². The van der Waals surface area contributed by atoms with Crippen LogP contribution in [0.4, 0.5) is 0 Å². The molecule has 0 radical (unpaired) electrons. The van der Waals surface area contributed by atoms with E-state index < -0.39 is 0 Å². The minimum absolute atomic E-state index is 0.520. The molecule has 0 N–H and O–H groups in total. The zero-order valence-corrected chi connectivity index (χ0v) is 8.02. The van der Waals surface area contributed by atoms with E-state index in [-0.39, 0.29) is 0 Å². The Balaban J connectivity index is 2.00. The van der Waals surface area contributed by atoms with Crippen molar-refractivity contribution >= 4 is 6.29 Å². The van der Waals surface area contributed by atoms with Gasteiger partial charge in [-0.15, -0.1) is 5.10 Å². The van der Waals surface area contributed by atoms with Gasteiger partial charge in [-0.3, -0.25) is 4.79 Å². The van der Waals surface area contributed by atoms with Crippen LogP contribution < -0.4 is 0 Å². The molecule has 2 saturated carbocycles. The lowest BCUT2D eigenvalue weighted by molar-refractivity contribution is 0.111. The van der Waals surface area contributed by atoms with Gasteiger partial charge >= 0.3 is 0 Å². The number of nitrogens with zero attached hydrogens (tertiary/aromatic N) is 3. The number of aromatic nitrogens is 3. The van der Waals surface area contributed by atoms with E-state index in [1.54, 1.807) is 0 Å². The Morgan fingerprint density at radius 2 is 2.07 bits per heavy atom. The summed E-state index contributed by atoms with van der Waals surface area (Å²) in [6, 6.07) is 0.520. The van der Waals surface area contributed by atoms with Gasteiger partial charge in [0.05, 0.1) is 11.7 Å². The third-order valence-electron chi connectivity index (χ3n) is 3.25. The van der Waals surface area contributed by atoms with Gasteiger partial charge in [-0.25, -0.2) is 4.68 Å².